The fraction of sp³-hybridized carbons (Fsp3) is 0.294. The van der Waals surface area contributed by atoms with Crippen molar-refractivity contribution in [2.45, 2.75) is 52.6 Å². The van der Waals surface area contributed by atoms with Crippen LogP contribution in [0.3, 0.4) is 0 Å². The molecule has 0 saturated heterocycles. The molecule has 0 aliphatic carbocycles. The van der Waals surface area contributed by atoms with Gasteiger partial charge in [-0.25, -0.2) is 0 Å². The molecule has 0 saturated carbocycles. The first kappa shape index (κ1) is 27.1. The lowest BCUT2D eigenvalue weighted by Gasteiger charge is -2.32. The van der Waals surface area contributed by atoms with Crippen LogP contribution in [0.15, 0.2) is 97.1 Å². The van der Waals surface area contributed by atoms with E-state index in [2.05, 4.69) is 56.4 Å². The van der Waals surface area contributed by atoms with Crippen LogP contribution in [0.25, 0.3) is 10.8 Å². The lowest BCUT2D eigenvalue weighted by molar-refractivity contribution is -0.141. The maximum Gasteiger partial charge on any atom is 0.243 e. The van der Waals surface area contributed by atoms with Gasteiger partial charge < -0.3 is 10.2 Å². The molecule has 2 amide bonds. The summed E-state index contributed by atoms with van der Waals surface area (Å²) in [6.07, 6.45) is 1.43. The van der Waals surface area contributed by atoms with Gasteiger partial charge in [-0.1, -0.05) is 111 Å². The monoisotopic (exact) mass is 506 g/mol. The molecular weight excluding hydrogens is 468 g/mol. The summed E-state index contributed by atoms with van der Waals surface area (Å²) >= 11 is 0. The molecule has 0 fully saturated rings. The van der Waals surface area contributed by atoms with Crippen molar-refractivity contribution in [2.75, 3.05) is 6.54 Å². The number of carbonyl (C=O) groups is 2. The first-order valence-corrected chi connectivity index (χ1v) is 13.5. The van der Waals surface area contributed by atoms with E-state index in [1.54, 1.807) is 4.90 Å². The van der Waals surface area contributed by atoms with Gasteiger partial charge in [0.15, 0.2) is 0 Å². The SMILES string of the molecule is Cc1ccccc1CN(C(=O)CCc1cccc2ccccc12)C(Cc1ccccc1)C(=O)NCC(C)C. The Kier molecular flexibility index (Phi) is 9.31. The summed E-state index contributed by atoms with van der Waals surface area (Å²) in [6.45, 7) is 7.18. The van der Waals surface area contributed by atoms with Crippen LogP contribution in [0.2, 0.25) is 0 Å². The summed E-state index contributed by atoms with van der Waals surface area (Å²) in [5.74, 6) is 0.208. The maximum atomic E-state index is 14.0. The highest BCUT2D eigenvalue weighted by molar-refractivity contribution is 5.89. The van der Waals surface area contributed by atoms with E-state index < -0.39 is 6.04 Å². The van der Waals surface area contributed by atoms with E-state index in [4.69, 9.17) is 0 Å². The number of aryl methyl sites for hydroxylation is 2. The van der Waals surface area contributed by atoms with Gasteiger partial charge in [0.1, 0.15) is 6.04 Å². The molecule has 0 bridgehead atoms. The molecule has 1 unspecified atom stereocenters. The Bertz CT molecular complexity index is 1360. The minimum absolute atomic E-state index is 0.0122. The molecule has 0 spiro atoms. The van der Waals surface area contributed by atoms with Gasteiger partial charge in [-0.2, -0.15) is 0 Å². The third kappa shape index (κ3) is 7.10. The molecule has 4 heteroatoms. The third-order valence-electron chi connectivity index (χ3n) is 7.05. The molecule has 196 valence electrons. The standard InChI is InChI=1S/C34H38N2O2/c1-25(2)23-35-34(38)32(22-27-13-5-4-6-14-27)36(24-30-16-8-7-12-26(30)3)33(37)21-20-29-18-11-17-28-15-9-10-19-31(28)29/h4-19,25,32H,20-24H2,1-3H3,(H,35,38). The second-order valence-corrected chi connectivity index (χ2v) is 10.4. The van der Waals surface area contributed by atoms with Gasteiger partial charge in [0.05, 0.1) is 0 Å². The van der Waals surface area contributed by atoms with Gasteiger partial charge >= 0.3 is 0 Å². The van der Waals surface area contributed by atoms with Crippen LogP contribution in [0.5, 0.6) is 0 Å². The Morgan fingerprint density at radius 3 is 2.21 bits per heavy atom. The number of hydrogen-bond acceptors (Lipinski definition) is 2. The van der Waals surface area contributed by atoms with Crippen molar-refractivity contribution in [1.82, 2.24) is 10.2 Å². The van der Waals surface area contributed by atoms with Crippen LogP contribution in [-0.2, 0) is 29.0 Å². The summed E-state index contributed by atoms with van der Waals surface area (Å²) in [6, 6.07) is 32.0. The fourth-order valence-electron chi connectivity index (χ4n) is 4.84. The summed E-state index contributed by atoms with van der Waals surface area (Å²) in [7, 11) is 0. The van der Waals surface area contributed by atoms with Crippen LogP contribution in [0.1, 0.15) is 42.5 Å². The Labute approximate surface area is 226 Å². The van der Waals surface area contributed by atoms with E-state index in [1.807, 2.05) is 66.7 Å². The molecule has 4 aromatic rings. The molecule has 4 rings (SSSR count). The second kappa shape index (κ2) is 13.0. The van der Waals surface area contributed by atoms with Crippen molar-refractivity contribution < 1.29 is 9.59 Å². The smallest absolute Gasteiger partial charge is 0.243 e. The molecular formula is C34H38N2O2. The van der Waals surface area contributed by atoms with E-state index in [0.717, 1.165) is 22.3 Å². The molecule has 4 nitrogen and oxygen atoms in total. The Hall–Kier alpha value is -3.92. The predicted octanol–water partition coefficient (Wildman–Crippen LogP) is 6.49. The number of nitrogens with zero attached hydrogens (tertiary/aromatic N) is 1. The van der Waals surface area contributed by atoms with Crippen molar-refractivity contribution in [3.63, 3.8) is 0 Å². The van der Waals surface area contributed by atoms with Crippen LogP contribution in [0, 0.1) is 12.8 Å². The summed E-state index contributed by atoms with van der Waals surface area (Å²) in [5.41, 5.74) is 4.35. The number of fused-ring (bicyclic) bond motifs is 1. The molecule has 0 aromatic heterocycles. The predicted molar refractivity (Wildman–Crippen MR) is 156 cm³/mol. The third-order valence-corrected chi connectivity index (χ3v) is 7.05. The zero-order valence-electron chi connectivity index (χ0n) is 22.7. The first-order valence-electron chi connectivity index (χ1n) is 13.5. The Balaban J connectivity index is 1.64. The fourth-order valence-corrected chi connectivity index (χ4v) is 4.84. The number of benzene rings is 4. The summed E-state index contributed by atoms with van der Waals surface area (Å²) in [4.78, 5) is 29.4. The lowest BCUT2D eigenvalue weighted by Crippen LogP contribution is -2.51. The van der Waals surface area contributed by atoms with Gasteiger partial charge in [0.2, 0.25) is 11.8 Å². The quantitative estimate of drug-likeness (QED) is 0.253. The molecule has 1 atom stereocenters. The molecule has 0 heterocycles. The second-order valence-electron chi connectivity index (χ2n) is 10.4. The first-order chi connectivity index (χ1) is 18.4. The zero-order valence-corrected chi connectivity index (χ0v) is 22.7. The number of rotatable bonds is 11. The maximum absolute atomic E-state index is 14.0. The largest absolute Gasteiger partial charge is 0.354 e. The Morgan fingerprint density at radius 2 is 1.45 bits per heavy atom. The van der Waals surface area contributed by atoms with Gasteiger partial charge in [-0.15, -0.1) is 0 Å². The topological polar surface area (TPSA) is 49.4 Å². The van der Waals surface area contributed by atoms with E-state index in [-0.39, 0.29) is 11.8 Å². The van der Waals surface area contributed by atoms with E-state index in [0.29, 0.717) is 38.3 Å². The molecule has 38 heavy (non-hydrogen) atoms. The number of nitrogens with one attached hydrogen (secondary N) is 1. The highest BCUT2D eigenvalue weighted by Crippen LogP contribution is 2.22. The van der Waals surface area contributed by atoms with E-state index in [1.165, 1.54) is 10.8 Å². The van der Waals surface area contributed by atoms with Crippen molar-refractivity contribution in [3.8, 4) is 0 Å². The van der Waals surface area contributed by atoms with E-state index >= 15 is 0 Å². The van der Waals surface area contributed by atoms with E-state index in [9.17, 15) is 9.59 Å². The number of hydrogen-bond donors (Lipinski definition) is 1. The summed E-state index contributed by atoms with van der Waals surface area (Å²) in [5, 5.41) is 5.44. The zero-order chi connectivity index (χ0) is 26.9. The molecule has 0 radical (unpaired) electrons. The van der Waals surface area contributed by atoms with Gasteiger partial charge in [0.25, 0.3) is 0 Å². The highest BCUT2D eigenvalue weighted by Gasteiger charge is 2.30. The average Bonchev–Trinajstić information content (AvgIpc) is 2.93. The lowest BCUT2D eigenvalue weighted by atomic mass is 9.98. The van der Waals surface area contributed by atoms with Crippen LogP contribution < -0.4 is 5.32 Å². The van der Waals surface area contributed by atoms with Crippen molar-refractivity contribution in [3.05, 3.63) is 119 Å². The molecule has 0 aliphatic heterocycles. The number of carbonyl (C=O) groups excluding carboxylic acids is 2. The number of amides is 2. The Morgan fingerprint density at radius 1 is 0.789 bits per heavy atom. The minimum Gasteiger partial charge on any atom is -0.354 e. The van der Waals surface area contributed by atoms with Crippen molar-refractivity contribution in [2.24, 2.45) is 5.92 Å². The summed E-state index contributed by atoms with van der Waals surface area (Å²) < 4.78 is 0. The highest BCUT2D eigenvalue weighted by atomic mass is 16.2. The molecule has 4 aromatic carbocycles. The van der Waals surface area contributed by atoms with Crippen LogP contribution in [0.4, 0.5) is 0 Å². The average molecular weight is 507 g/mol. The van der Waals surface area contributed by atoms with Gasteiger partial charge in [-0.05, 0) is 52.3 Å². The van der Waals surface area contributed by atoms with Crippen molar-refractivity contribution in [1.29, 1.82) is 0 Å². The normalized spacial score (nSPS) is 11.9. The van der Waals surface area contributed by atoms with Crippen molar-refractivity contribution >= 4 is 22.6 Å². The van der Waals surface area contributed by atoms with Crippen LogP contribution >= 0.6 is 0 Å². The van der Waals surface area contributed by atoms with Gasteiger partial charge in [-0.3, -0.25) is 9.59 Å². The molecule has 0 aliphatic rings. The van der Waals surface area contributed by atoms with Gasteiger partial charge in [0, 0.05) is 25.9 Å². The minimum atomic E-state index is -0.601. The van der Waals surface area contributed by atoms with Crippen LogP contribution in [-0.4, -0.2) is 29.3 Å². The molecule has 1 N–H and O–H groups in total.